The monoisotopic (exact) mass is 319 g/mol. The van der Waals surface area contributed by atoms with E-state index in [2.05, 4.69) is 5.32 Å². The first-order valence-corrected chi connectivity index (χ1v) is 8.19. The third-order valence-corrected chi connectivity index (χ3v) is 3.90. The molecule has 0 fully saturated rings. The van der Waals surface area contributed by atoms with Crippen molar-refractivity contribution in [1.82, 2.24) is 9.88 Å². The zero-order chi connectivity index (χ0) is 16.0. The minimum atomic E-state index is -3.69. The van der Waals surface area contributed by atoms with Gasteiger partial charge in [0.15, 0.2) is 0 Å². The van der Waals surface area contributed by atoms with Gasteiger partial charge >= 0.3 is 0 Å². The van der Waals surface area contributed by atoms with Crippen LogP contribution in [0.25, 0.3) is 6.08 Å². The van der Waals surface area contributed by atoms with Crippen LogP contribution in [0.2, 0.25) is 0 Å². The molecule has 0 aliphatic heterocycles. The summed E-state index contributed by atoms with van der Waals surface area (Å²) in [5, 5.41) is 7.78. The van der Waals surface area contributed by atoms with Gasteiger partial charge in [-0.1, -0.05) is 12.1 Å². The fraction of sp³-hybridized carbons (Fsp3) is 0.133. The fourth-order valence-electron chi connectivity index (χ4n) is 1.83. The van der Waals surface area contributed by atoms with E-state index in [4.69, 9.17) is 5.14 Å². The third-order valence-electron chi connectivity index (χ3n) is 2.97. The number of carbonyl (C=O) groups excluding carboxylic acids is 1. The Kier molecular flexibility index (Phi) is 5.13. The summed E-state index contributed by atoms with van der Waals surface area (Å²) in [6, 6.07) is 9.82. The highest BCUT2D eigenvalue weighted by molar-refractivity contribution is 7.89. The molecule has 1 heterocycles. The third kappa shape index (κ3) is 4.87. The number of primary sulfonamides is 1. The van der Waals surface area contributed by atoms with E-state index in [1.807, 2.05) is 29.1 Å². The molecule has 6 nitrogen and oxygen atoms in total. The summed E-state index contributed by atoms with van der Waals surface area (Å²) < 4.78 is 24.2. The Labute approximate surface area is 129 Å². The predicted octanol–water partition coefficient (Wildman–Crippen LogP) is 0.965. The Hall–Kier alpha value is -2.38. The minimum Gasteiger partial charge on any atom is -0.353 e. The van der Waals surface area contributed by atoms with Crippen LogP contribution in [0.4, 0.5) is 0 Å². The SMILES string of the molecule is NS(=O)(=O)c1ccc(/C=C/C(=O)NCCn2cccc2)cc1. The fourth-order valence-corrected chi connectivity index (χ4v) is 2.34. The van der Waals surface area contributed by atoms with Crippen LogP contribution in [0.15, 0.2) is 59.8 Å². The molecule has 0 radical (unpaired) electrons. The Morgan fingerprint density at radius 1 is 1.18 bits per heavy atom. The van der Waals surface area contributed by atoms with Crippen molar-refractivity contribution >= 4 is 22.0 Å². The molecule has 0 saturated heterocycles. The zero-order valence-electron chi connectivity index (χ0n) is 11.8. The number of nitrogens with zero attached hydrogens (tertiary/aromatic N) is 1. The second-order valence-corrected chi connectivity index (χ2v) is 6.22. The Balaban J connectivity index is 1.84. The van der Waals surface area contributed by atoms with Crippen molar-refractivity contribution in [3.05, 3.63) is 60.4 Å². The van der Waals surface area contributed by atoms with Gasteiger partial charge in [0.05, 0.1) is 4.90 Å². The summed E-state index contributed by atoms with van der Waals surface area (Å²) >= 11 is 0. The van der Waals surface area contributed by atoms with Crippen molar-refractivity contribution in [3.8, 4) is 0 Å². The van der Waals surface area contributed by atoms with Crippen LogP contribution in [0.3, 0.4) is 0 Å². The lowest BCUT2D eigenvalue weighted by Gasteiger charge is -2.03. The number of nitrogens with two attached hydrogens (primary N) is 1. The molecule has 0 saturated carbocycles. The van der Waals surface area contributed by atoms with Crippen molar-refractivity contribution in [2.45, 2.75) is 11.4 Å². The molecule has 2 aromatic rings. The van der Waals surface area contributed by atoms with Gasteiger partial charge in [0.2, 0.25) is 15.9 Å². The van der Waals surface area contributed by atoms with E-state index in [1.54, 1.807) is 18.2 Å². The number of hydrogen-bond acceptors (Lipinski definition) is 3. The predicted molar refractivity (Wildman–Crippen MR) is 84.3 cm³/mol. The lowest BCUT2D eigenvalue weighted by molar-refractivity contribution is -0.116. The maximum absolute atomic E-state index is 11.6. The van der Waals surface area contributed by atoms with Gasteiger partial charge < -0.3 is 9.88 Å². The molecule has 1 aromatic carbocycles. The van der Waals surface area contributed by atoms with Crippen LogP contribution in [0.1, 0.15) is 5.56 Å². The molecular weight excluding hydrogens is 302 g/mol. The molecule has 0 atom stereocenters. The highest BCUT2D eigenvalue weighted by Gasteiger charge is 2.05. The van der Waals surface area contributed by atoms with Crippen LogP contribution in [-0.2, 0) is 21.4 Å². The van der Waals surface area contributed by atoms with Gasteiger partial charge in [-0.2, -0.15) is 0 Å². The maximum Gasteiger partial charge on any atom is 0.244 e. The highest BCUT2D eigenvalue weighted by atomic mass is 32.2. The van der Waals surface area contributed by atoms with Crippen molar-refractivity contribution < 1.29 is 13.2 Å². The van der Waals surface area contributed by atoms with Crippen LogP contribution >= 0.6 is 0 Å². The lowest BCUT2D eigenvalue weighted by Crippen LogP contribution is -2.24. The Morgan fingerprint density at radius 3 is 2.41 bits per heavy atom. The van der Waals surface area contributed by atoms with Gasteiger partial charge in [-0.15, -0.1) is 0 Å². The molecule has 3 N–H and O–H groups in total. The molecule has 2 rings (SSSR count). The maximum atomic E-state index is 11.6. The summed E-state index contributed by atoms with van der Waals surface area (Å²) in [5.74, 6) is -0.206. The highest BCUT2D eigenvalue weighted by Crippen LogP contribution is 2.09. The van der Waals surface area contributed by atoms with E-state index in [-0.39, 0.29) is 10.8 Å². The number of aromatic nitrogens is 1. The molecule has 0 aliphatic carbocycles. The molecule has 22 heavy (non-hydrogen) atoms. The van der Waals surface area contributed by atoms with E-state index in [0.717, 1.165) is 0 Å². The molecule has 0 unspecified atom stereocenters. The largest absolute Gasteiger partial charge is 0.353 e. The van der Waals surface area contributed by atoms with E-state index >= 15 is 0 Å². The van der Waals surface area contributed by atoms with E-state index in [1.165, 1.54) is 18.2 Å². The standard InChI is InChI=1S/C15H17N3O3S/c16-22(20,21)14-6-3-13(4-7-14)5-8-15(19)17-9-12-18-10-1-2-11-18/h1-8,10-11H,9,12H2,(H,17,19)(H2,16,20,21)/b8-5+. The molecule has 0 spiro atoms. The number of benzene rings is 1. The molecule has 0 aliphatic rings. The van der Waals surface area contributed by atoms with Gasteiger partial charge in [-0.3, -0.25) is 4.79 Å². The number of amides is 1. The van der Waals surface area contributed by atoms with Gasteiger partial charge in [-0.05, 0) is 35.9 Å². The van der Waals surface area contributed by atoms with Crippen LogP contribution in [0.5, 0.6) is 0 Å². The quantitative estimate of drug-likeness (QED) is 0.777. The minimum absolute atomic E-state index is 0.0424. The van der Waals surface area contributed by atoms with Gasteiger partial charge in [0.1, 0.15) is 0 Å². The van der Waals surface area contributed by atoms with Crippen molar-refractivity contribution in [2.75, 3.05) is 6.54 Å². The molecule has 116 valence electrons. The first-order chi connectivity index (χ1) is 10.4. The van der Waals surface area contributed by atoms with E-state index in [0.29, 0.717) is 18.7 Å². The molecule has 1 aromatic heterocycles. The summed E-state index contributed by atoms with van der Waals surface area (Å²) in [7, 11) is -3.69. The first-order valence-electron chi connectivity index (χ1n) is 6.65. The molecule has 7 heteroatoms. The van der Waals surface area contributed by atoms with Gasteiger partial charge in [0, 0.05) is 31.6 Å². The summed E-state index contributed by atoms with van der Waals surface area (Å²) in [6.45, 7) is 1.23. The Morgan fingerprint density at radius 2 is 1.82 bits per heavy atom. The van der Waals surface area contributed by atoms with Gasteiger partial charge in [0.25, 0.3) is 0 Å². The van der Waals surface area contributed by atoms with Crippen LogP contribution < -0.4 is 10.5 Å². The topological polar surface area (TPSA) is 94.2 Å². The number of rotatable bonds is 6. The van der Waals surface area contributed by atoms with E-state index < -0.39 is 10.0 Å². The molecule has 0 bridgehead atoms. The Bertz CT molecular complexity index is 748. The first kappa shape index (κ1) is 16.0. The lowest BCUT2D eigenvalue weighted by atomic mass is 10.2. The average molecular weight is 319 g/mol. The average Bonchev–Trinajstić information content (AvgIpc) is 2.98. The van der Waals surface area contributed by atoms with Gasteiger partial charge in [-0.25, -0.2) is 13.6 Å². The molecule has 1 amide bonds. The van der Waals surface area contributed by atoms with Crippen molar-refractivity contribution in [2.24, 2.45) is 5.14 Å². The number of sulfonamides is 1. The van der Waals surface area contributed by atoms with E-state index in [9.17, 15) is 13.2 Å². The zero-order valence-corrected chi connectivity index (χ0v) is 12.7. The van der Waals surface area contributed by atoms with Crippen LogP contribution in [-0.4, -0.2) is 25.4 Å². The number of nitrogens with one attached hydrogen (secondary N) is 1. The second kappa shape index (κ2) is 7.06. The van der Waals surface area contributed by atoms with Crippen molar-refractivity contribution in [1.29, 1.82) is 0 Å². The number of hydrogen-bond donors (Lipinski definition) is 2. The van der Waals surface area contributed by atoms with Crippen LogP contribution in [0, 0.1) is 0 Å². The molecular formula is C15H17N3O3S. The smallest absolute Gasteiger partial charge is 0.244 e. The number of carbonyl (C=O) groups is 1. The summed E-state index contributed by atoms with van der Waals surface area (Å²) in [6.07, 6.45) is 6.86. The second-order valence-electron chi connectivity index (χ2n) is 4.66. The summed E-state index contributed by atoms with van der Waals surface area (Å²) in [4.78, 5) is 11.7. The van der Waals surface area contributed by atoms with Crippen molar-refractivity contribution in [3.63, 3.8) is 0 Å². The summed E-state index contributed by atoms with van der Waals surface area (Å²) in [5.41, 5.74) is 0.716. The normalized spacial score (nSPS) is 11.7.